The summed E-state index contributed by atoms with van der Waals surface area (Å²) >= 11 is 0. The van der Waals surface area contributed by atoms with E-state index in [2.05, 4.69) is 5.32 Å². The first-order valence-corrected chi connectivity index (χ1v) is 5.32. The van der Waals surface area contributed by atoms with E-state index in [9.17, 15) is 14.9 Å². The molecule has 0 aliphatic rings. The van der Waals surface area contributed by atoms with E-state index in [1.165, 1.54) is 23.1 Å². The lowest BCUT2D eigenvalue weighted by atomic mass is 10.1. The number of hydrogen-bond acceptors (Lipinski definition) is 5. The van der Waals surface area contributed by atoms with Crippen molar-refractivity contribution in [1.82, 2.24) is 4.90 Å². The topological polar surface area (TPSA) is 95.7 Å². The van der Waals surface area contributed by atoms with Gasteiger partial charge in [0, 0.05) is 32.3 Å². The van der Waals surface area contributed by atoms with Gasteiger partial charge >= 0.3 is 0 Å². The average molecular weight is 253 g/mol. The van der Waals surface area contributed by atoms with Crippen LogP contribution in [-0.4, -0.2) is 48.1 Å². The summed E-state index contributed by atoms with van der Waals surface area (Å²) in [6, 6.07) is 4.20. The van der Waals surface area contributed by atoms with Crippen LogP contribution in [0.2, 0.25) is 0 Å². The highest BCUT2D eigenvalue weighted by Crippen LogP contribution is 2.25. The van der Waals surface area contributed by atoms with E-state index >= 15 is 0 Å². The number of anilines is 1. The second-order valence-electron chi connectivity index (χ2n) is 3.84. The van der Waals surface area contributed by atoms with Gasteiger partial charge in [-0.25, -0.2) is 0 Å². The number of nitrogens with one attached hydrogen (secondary N) is 1. The fourth-order valence-electron chi connectivity index (χ4n) is 1.41. The molecule has 0 spiro atoms. The highest BCUT2D eigenvalue weighted by atomic mass is 16.6. The van der Waals surface area contributed by atoms with Crippen LogP contribution in [0.4, 0.5) is 11.4 Å². The number of aliphatic hydroxyl groups excluding tert-OH is 1. The van der Waals surface area contributed by atoms with Gasteiger partial charge in [0.2, 0.25) is 0 Å². The molecule has 0 saturated carbocycles. The summed E-state index contributed by atoms with van der Waals surface area (Å²) in [5.74, 6) is -0.299. The SMILES string of the molecule is CN(C)C(=O)c1ccc(NCCO)c([N+](=O)[O-])c1. The van der Waals surface area contributed by atoms with Gasteiger partial charge in [0.1, 0.15) is 5.69 Å². The largest absolute Gasteiger partial charge is 0.395 e. The molecule has 18 heavy (non-hydrogen) atoms. The summed E-state index contributed by atoms with van der Waals surface area (Å²) in [5, 5.41) is 22.3. The molecule has 0 aliphatic carbocycles. The van der Waals surface area contributed by atoms with Crippen molar-refractivity contribution in [3.63, 3.8) is 0 Å². The molecule has 0 aliphatic heterocycles. The number of nitro benzene ring substituents is 1. The number of hydrogen-bond donors (Lipinski definition) is 2. The summed E-state index contributed by atoms with van der Waals surface area (Å²) in [6.07, 6.45) is 0. The van der Waals surface area contributed by atoms with Crippen molar-refractivity contribution < 1.29 is 14.8 Å². The summed E-state index contributed by atoms with van der Waals surface area (Å²) < 4.78 is 0. The number of amides is 1. The highest BCUT2D eigenvalue weighted by Gasteiger charge is 2.18. The first kappa shape index (κ1) is 13.9. The zero-order valence-electron chi connectivity index (χ0n) is 10.2. The first-order valence-electron chi connectivity index (χ1n) is 5.32. The molecule has 1 rings (SSSR count). The van der Waals surface area contributed by atoms with Crippen LogP contribution in [0.25, 0.3) is 0 Å². The molecule has 0 saturated heterocycles. The van der Waals surface area contributed by atoms with Crippen molar-refractivity contribution in [3.05, 3.63) is 33.9 Å². The second-order valence-corrected chi connectivity index (χ2v) is 3.84. The second kappa shape index (κ2) is 5.97. The number of benzene rings is 1. The maximum Gasteiger partial charge on any atom is 0.293 e. The monoisotopic (exact) mass is 253 g/mol. The normalized spacial score (nSPS) is 9.94. The molecule has 0 unspecified atom stereocenters. The Morgan fingerprint density at radius 1 is 1.50 bits per heavy atom. The lowest BCUT2D eigenvalue weighted by molar-refractivity contribution is -0.384. The van der Waals surface area contributed by atoms with E-state index in [1.54, 1.807) is 14.1 Å². The average Bonchev–Trinajstić information content (AvgIpc) is 2.34. The quantitative estimate of drug-likeness (QED) is 0.595. The van der Waals surface area contributed by atoms with Gasteiger partial charge in [-0.05, 0) is 12.1 Å². The third kappa shape index (κ3) is 3.17. The van der Waals surface area contributed by atoms with Gasteiger partial charge < -0.3 is 15.3 Å². The third-order valence-electron chi connectivity index (χ3n) is 2.27. The predicted octanol–water partition coefficient (Wildman–Crippen LogP) is 0.701. The Labute approximate surface area is 104 Å². The minimum Gasteiger partial charge on any atom is -0.395 e. The van der Waals surface area contributed by atoms with E-state index in [1.807, 2.05) is 0 Å². The Morgan fingerprint density at radius 2 is 2.17 bits per heavy atom. The van der Waals surface area contributed by atoms with Gasteiger partial charge in [-0.2, -0.15) is 0 Å². The van der Waals surface area contributed by atoms with Gasteiger partial charge in [-0.1, -0.05) is 0 Å². The fraction of sp³-hybridized carbons (Fsp3) is 0.364. The van der Waals surface area contributed by atoms with Gasteiger partial charge in [0.05, 0.1) is 11.5 Å². The van der Waals surface area contributed by atoms with Crippen LogP contribution < -0.4 is 5.32 Å². The van der Waals surface area contributed by atoms with Gasteiger partial charge in [-0.3, -0.25) is 14.9 Å². The number of carbonyl (C=O) groups excluding carboxylic acids is 1. The zero-order chi connectivity index (χ0) is 13.7. The number of rotatable bonds is 5. The molecule has 7 heteroatoms. The van der Waals surface area contributed by atoms with Crippen molar-refractivity contribution in [2.75, 3.05) is 32.6 Å². The van der Waals surface area contributed by atoms with E-state index in [-0.39, 0.29) is 36.0 Å². The molecule has 0 heterocycles. The van der Waals surface area contributed by atoms with Crippen LogP contribution >= 0.6 is 0 Å². The van der Waals surface area contributed by atoms with Crippen molar-refractivity contribution in [1.29, 1.82) is 0 Å². The Morgan fingerprint density at radius 3 is 2.67 bits per heavy atom. The maximum atomic E-state index is 11.7. The third-order valence-corrected chi connectivity index (χ3v) is 2.27. The number of carbonyl (C=O) groups is 1. The Balaban J connectivity index is 3.11. The number of nitrogens with zero attached hydrogens (tertiary/aromatic N) is 2. The lowest BCUT2D eigenvalue weighted by Gasteiger charge is -2.11. The van der Waals surface area contributed by atoms with Crippen LogP contribution in [-0.2, 0) is 0 Å². The van der Waals surface area contributed by atoms with Crippen molar-refractivity contribution >= 4 is 17.3 Å². The molecule has 0 bridgehead atoms. The molecule has 0 radical (unpaired) electrons. The van der Waals surface area contributed by atoms with Gasteiger partial charge in [0.25, 0.3) is 11.6 Å². The van der Waals surface area contributed by atoms with Crippen LogP contribution in [0.15, 0.2) is 18.2 Å². The van der Waals surface area contributed by atoms with Crippen LogP contribution in [0.3, 0.4) is 0 Å². The molecular formula is C11H15N3O4. The molecule has 0 aromatic heterocycles. The lowest BCUT2D eigenvalue weighted by Crippen LogP contribution is -2.21. The summed E-state index contributed by atoms with van der Waals surface area (Å²) in [6.45, 7) is 0.0807. The minimum atomic E-state index is -0.563. The summed E-state index contributed by atoms with van der Waals surface area (Å²) in [7, 11) is 3.15. The molecular weight excluding hydrogens is 238 g/mol. The zero-order valence-corrected chi connectivity index (χ0v) is 10.2. The number of nitro groups is 1. The van der Waals surface area contributed by atoms with Crippen molar-refractivity contribution in [3.8, 4) is 0 Å². The maximum absolute atomic E-state index is 11.7. The highest BCUT2D eigenvalue weighted by molar-refractivity contribution is 5.95. The molecule has 98 valence electrons. The summed E-state index contributed by atoms with van der Waals surface area (Å²) in [5.41, 5.74) is 0.349. The van der Waals surface area contributed by atoms with E-state index in [4.69, 9.17) is 5.11 Å². The Bertz CT molecular complexity index is 460. The molecule has 7 nitrogen and oxygen atoms in total. The first-order chi connectivity index (χ1) is 8.47. The molecule has 1 aromatic carbocycles. The fourth-order valence-corrected chi connectivity index (χ4v) is 1.41. The number of aliphatic hydroxyl groups is 1. The Kier molecular flexibility index (Phi) is 4.61. The van der Waals surface area contributed by atoms with Crippen LogP contribution in [0.5, 0.6) is 0 Å². The van der Waals surface area contributed by atoms with Crippen LogP contribution in [0, 0.1) is 10.1 Å². The molecule has 1 aromatic rings. The van der Waals surface area contributed by atoms with E-state index in [0.29, 0.717) is 0 Å². The van der Waals surface area contributed by atoms with Gasteiger partial charge in [-0.15, -0.1) is 0 Å². The van der Waals surface area contributed by atoms with Gasteiger partial charge in [0.15, 0.2) is 0 Å². The standard InChI is InChI=1S/C11H15N3O4/c1-13(2)11(16)8-3-4-9(12-5-6-15)10(7-8)14(17)18/h3-4,7,12,15H,5-6H2,1-2H3. The van der Waals surface area contributed by atoms with Crippen molar-refractivity contribution in [2.45, 2.75) is 0 Å². The molecule has 0 atom stereocenters. The van der Waals surface area contributed by atoms with E-state index in [0.717, 1.165) is 0 Å². The molecule has 2 N–H and O–H groups in total. The molecule has 1 amide bonds. The van der Waals surface area contributed by atoms with Crippen LogP contribution in [0.1, 0.15) is 10.4 Å². The minimum absolute atomic E-state index is 0.129. The summed E-state index contributed by atoms with van der Waals surface area (Å²) in [4.78, 5) is 23.4. The van der Waals surface area contributed by atoms with Crippen molar-refractivity contribution in [2.24, 2.45) is 0 Å². The predicted molar refractivity (Wildman–Crippen MR) is 66.7 cm³/mol. The van der Waals surface area contributed by atoms with E-state index < -0.39 is 4.92 Å². The molecule has 0 fully saturated rings. The Hall–Kier alpha value is -2.15. The smallest absolute Gasteiger partial charge is 0.293 e.